The Bertz CT molecular complexity index is 628. The second-order valence-electron chi connectivity index (χ2n) is 4.54. The molecular weight excluding hydrogens is 298 g/mol. The Morgan fingerprint density at radius 3 is 2.75 bits per heavy atom. The first-order valence-electron chi connectivity index (χ1n) is 6.23. The van der Waals surface area contributed by atoms with Gasteiger partial charge in [-0.15, -0.1) is 0 Å². The Labute approximate surface area is 126 Å². The first kappa shape index (κ1) is 13.5. The van der Waals surface area contributed by atoms with Gasteiger partial charge in [0.2, 0.25) is 5.13 Å². The molecule has 0 radical (unpaired) electrons. The van der Waals surface area contributed by atoms with Gasteiger partial charge in [0.1, 0.15) is 0 Å². The molecule has 106 valence electrons. The summed E-state index contributed by atoms with van der Waals surface area (Å²) in [6.45, 7) is 0. The Balaban J connectivity index is 1.92. The maximum absolute atomic E-state index is 6.19. The fourth-order valence-corrected chi connectivity index (χ4v) is 2.80. The lowest BCUT2D eigenvalue weighted by atomic mass is 10.2. The lowest BCUT2D eigenvalue weighted by Gasteiger charge is -2.10. The van der Waals surface area contributed by atoms with Crippen molar-refractivity contribution >= 4 is 28.3 Å². The zero-order valence-corrected chi connectivity index (χ0v) is 12.7. The number of halogens is 1. The first-order chi connectivity index (χ1) is 9.71. The highest BCUT2D eigenvalue weighted by atomic mass is 35.5. The SMILES string of the molecule is COc1cc(-c2nsc(NC3CC3)n2)cc(Cl)c1OC. The number of rotatable bonds is 5. The topological polar surface area (TPSA) is 56.3 Å². The number of nitrogens with zero attached hydrogens (tertiary/aromatic N) is 2. The van der Waals surface area contributed by atoms with E-state index in [1.54, 1.807) is 20.3 Å². The molecule has 7 heteroatoms. The van der Waals surface area contributed by atoms with Gasteiger partial charge in [0.15, 0.2) is 17.3 Å². The number of hydrogen-bond acceptors (Lipinski definition) is 6. The van der Waals surface area contributed by atoms with E-state index in [-0.39, 0.29) is 0 Å². The molecule has 0 atom stereocenters. The number of nitrogens with one attached hydrogen (secondary N) is 1. The van der Waals surface area contributed by atoms with Crippen LogP contribution in [0.3, 0.4) is 0 Å². The Kier molecular flexibility index (Phi) is 3.67. The normalized spacial score (nSPS) is 14.2. The third kappa shape index (κ3) is 2.66. The number of benzene rings is 1. The molecular formula is C13H14ClN3O2S. The molecule has 3 rings (SSSR count). The van der Waals surface area contributed by atoms with E-state index < -0.39 is 0 Å². The van der Waals surface area contributed by atoms with Crippen molar-refractivity contribution in [2.75, 3.05) is 19.5 Å². The predicted octanol–water partition coefficient (Wildman–Crippen LogP) is 3.45. The molecule has 1 aliphatic carbocycles. The summed E-state index contributed by atoms with van der Waals surface area (Å²) in [4.78, 5) is 4.47. The van der Waals surface area contributed by atoms with Crippen LogP contribution in [-0.4, -0.2) is 29.6 Å². The fraction of sp³-hybridized carbons (Fsp3) is 0.385. The van der Waals surface area contributed by atoms with Crippen molar-refractivity contribution in [3.8, 4) is 22.9 Å². The van der Waals surface area contributed by atoms with E-state index in [1.165, 1.54) is 24.4 Å². The maximum Gasteiger partial charge on any atom is 0.203 e. The zero-order valence-electron chi connectivity index (χ0n) is 11.1. The van der Waals surface area contributed by atoms with Gasteiger partial charge in [0.05, 0.1) is 19.2 Å². The molecule has 0 amide bonds. The Hall–Kier alpha value is -1.53. The van der Waals surface area contributed by atoms with E-state index in [4.69, 9.17) is 21.1 Å². The highest BCUT2D eigenvalue weighted by Crippen LogP contribution is 2.39. The molecule has 1 fully saturated rings. The molecule has 0 unspecified atom stereocenters. The summed E-state index contributed by atoms with van der Waals surface area (Å²) in [5.74, 6) is 1.73. The lowest BCUT2D eigenvalue weighted by Crippen LogP contribution is -1.99. The summed E-state index contributed by atoms with van der Waals surface area (Å²) in [5, 5.41) is 4.65. The van der Waals surface area contributed by atoms with Crippen LogP contribution in [0.2, 0.25) is 5.02 Å². The van der Waals surface area contributed by atoms with Crippen molar-refractivity contribution < 1.29 is 9.47 Å². The van der Waals surface area contributed by atoms with Crippen LogP contribution in [0.15, 0.2) is 12.1 Å². The molecule has 0 saturated heterocycles. The molecule has 1 heterocycles. The van der Waals surface area contributed by atoms with E-state index in [9.17, 15) is 0 Å². The third-order valence-electron chi connectivity index (χ3n) is 3.02. The van der Waals surface area contributed by atoms with Gasteiger partial charge < -0.3 is 14.8 Å². The quantitative estimate of drug-likeness (QED) is 0.916. The largest absolute Gasteiger partial charge is 0.493 e. The Morgan fingerprint density at radius 2 is 2.10 bits per heavy atom. The van der Waals surface area contributed by atoms with Crippen molar-refractivity contribution in [3.05, 3.63) is 17.2 Å². The van der Waals surface area contributed by atoms with Gasteiger partial charge in [0.25, 0.3) is 0 Å². The van der Waals surface area contributed by atoms with Crippen LogP contribution >= 0.6 is 23.1 Å². The molecule has 0 spiro atoms. The van der Waals surface area contributed by atoms with E-state index in [0.29, 0.717) is 28.4 Å². The van der Waals surface area contributed by atoms with Gasteiger partial charge in [0, 0.05) is 23.1 Å². The number of hydrogen-bond donors (Lipinski definition) is 1. The fourth-order valence-electron chi connectivity index (χ4n) is 1.85. The second-order valence-corrected chi connectivity index (χ2v) is 5.69. The van der Waals surface area contributed by atoms with Crippen LogP contribution in [0, 0.1) is 0 Å². The molecule has 20 heavy (non-hydrogen) atoms. The number of anilines is 1. The standard InChI is InChI=1S/C13H14ClN3O2S/c1-18-10-6-7(5-9(14)11(10)19-2)12-16-13(20-17-12)15-8-3-4-8/h5-6,8H,3-4H2,1-2H3,(H,15,16,17). The van der Waals surface area contributed by atoms with Gasteiger partial charge in [-0.05, 0) is 25.0 Å². The first-order valence-corrected chi connectivity index (χ1v) is 7.38. The molecule has 0 bridgehead atoms. The van der Waals surface area contributed by atoms with Crippen molar-refractivity contribution in [3.63, 3.8) is 0 Å². The van der Waals surface area contributed by atoms with Crippen molar-refractivity contribution in [1.29, 1.82) is 0 Å². The molecule has 2 aromatic rings. The molecule has 1 N–H and O–H groups in total. The van der Waals surface area contributed by atoms with E-state index in [0.717, 1.165) is 10.7 Å². The summed E-state index contributed by atoms with van der Waals surface area (Å²) in [6, 6.07) is 4.17. The lowest BCUT2D eigenvalue weighted by molar-refractivity contribution is 0.355. The average molecular weight is 312 g/mol. The van der Waals surface area contributed by atoms with Crippen LogP contribution in [0.5, 0.6) is 11.5 Å². The number of methoxy groups -OCH3 is 2. The summed E-state index contributed by atoms with van der Waals surface area (Å²) in [7, 11) is 3.13. The molecule has 1 aromatic carbocycles. The van der Waals surface area contributed by atoms with Gasteiger partial charge in [-0.1, -0.05) is 11.6 Å². The van der Waals surface area contributed by atoms with Crippen molar-refractivity contribution in [2.45, 2.75) is 18.9 Å². The van der Waals surface area contributed by atoms with Gasteiger partial charge >= 0.3 is 0 Å². The Morgan fingerprint density at radius 1 is 1.30 bits per heavy atom. The molecule has 1 aromatic heterocycles. The van der Waals surface area contributed by atoms with Crippen molar-refractivity contribution in [1.82, 2.24) is 9.36 Å². The number of aromatic nitrogens is 2. The summed E-state index contributed by atoms with van der Waals surface area (Å²) >= 11 is 7.55. The van der Waals surface area contributed by atoms with E-state index in [1.807, 2.05) is 6.07 Å². The van der Waals surface area contributed by atoms with E-state index >= 15 is 0 Å². The highest BCUT2D eigenvalue weighted by Gasteiger charge is 2.23. The van der Waals surface area contributed by atoms with Crippen molar-refractivity contribution in [2.24, 2.45) is 0 Å². The third-order valence-corrected chi connectivity index (χ3v) is 3.95. The minimum absolute atomic E-state index is 0.480. The van der Waals surface area contributed by atoms with Crippen LogP contribution < -0.4 is 14.8 Å². The minimum Gasteiger partial charge on any atom is -0.493 e. The average Bonchev–Trinajstić information content (AvgIpc) is 3.13. The monoisotopic (exact) mass is 311 g/mol. The van der Waals surface area contributed by atoms with Gasteiger partial charge in [-0.2, -0.15) is 9.36 Å². The molecule has 5 nitrogen and oxygen atoms in total. The summed E-state index contributed by atoms with van der Waals surface area (Å²) in [5.41, 5.74) is 0.813. The molecule has 1 saturated carbocycles. The molecule has 0 aliphatic heterocycles. The van der Waals surface area contributed by atoms with Crippen LogP contribution in [-0.2, 0) is 0 Å². The van der Waals surface area contributed by atoms with Gasteiger partial charge in [-0.25, -0.2) is 0 Å². The number of ether oxygens (including phenoxy) is 2. The summed E-state index contributed by atoms with van der Waals surface area (Å²) < 4.78 is 14.9. The summed E-state index contributed by atoms with van der Waals surface area (Å²) in [6.07, 6.45) is 2.41. The van der Waals surface area contributed by atoms with Crippen LogP contribution in [0.25, 0.3) is 11.4 Å². The van der Waals surface area contributed by atoms with Gasteiger partial charge in [-0.3, -0.25) is 0 Å². The molecule has 1 aliphatic rings. The predicted molar refractivity (Wildman–Crippen MR) is 80.1 cm³/mol. The maximum atomic E-state index is 6.19. The zero-order chi connectivity index (χ0) is 14.1. The highest BCUT2D eigenvalue weighted by molar-refractivity contribution is 7.09. The van der Waals surface area contributed by atoms with Crippen LogP contribution in [0.1, 0.15) is 12.8 Å². The second kappa shape index (κ2) is 5.46. The van der Waals surface area contributed by atoms with E-state index in [2.05, 4.69) is 14.7 Å². The smallest absolute Gasteiger partial charge is 0.203 e. The van der Waals surface area contributed by atoms with Crippen LogP contribution in [0.4, 0.5) is 5.13 Å². The minimum atomic E-state index is 0.480.